The van der Waals surface area contributed by atoms with Crippen LogP contribution < -0.4 is 4.90 Å². The highest BCUT2D eigenvalue weighted by Crippen LogP contribution is 2.21. The molecule has 2 aromatic rings. The molecule has 0 amide bonds. The first-order chi connectivity index (χ1) is 10.6. The maximum atomic E-state index is 10.6. The van der Waals surface area contributed by atoms with E-state index in [2.05, 4.69) is 10.2 Å². The molecule has 2 rings (SSSR count). The van der Waals surface area contributed by atoms with Crippen molar-refractivity contribution in [2.24, 2.45) is 10.2 Å². The number of carbonyl (C=O) groups excluding carboxylic acids is 1. The molecule has 0 fully saturated rings. The van der Waals surface area contributed by atoms with Gasteiger partial charge in [-0.2, -0.15) is 10.2 Å². The molecule has 0 bridgehead atoms. The molecule has 0 aromatic heterocycles. The minimum Gasteiger partial charge on any atom is -0.378 e. The fourth-order valence-electron chi connectivity index (χ4n) is 1.87. The molecular formula is C18H19N3O. The maximum absolute atomic E-state index is 10.6. The molecule has 112 valence electrons. The lowest BCUT2D eigenvalue weighted by molar-refractivity contribution is -0.104. The summed E-state index contributed by atoms with van der Waals surface area (Å²) in [5.41, 5.74) is 4.37. The number of anilines is 1. The van der Waals surface area contributed by atoms with E-state index in [9.17, 15) is 4.79 Å². The number of allylic oxidation sites excluding steroid dienone is 1. The predicted molar refractivity (Wildman–Crippen MR) is 91.1 cm³/mol. The second-order valence-electron chi connectivity index (χ2n) is 5.21. The molecule has 2 aromatic carbocycles. The van der Waals surface area contributed by atoms with Crippen molar-refractivity contribution >= 4 is 29.4 Å². The molecule has 0 unspecified atom stereocenters. The Kier molecular flexibility index (Phi) is 5.20. The summed E-state index contributed by atoms with van der Waals surface area (Å²) in [6, 6.07) is 15.5. The van der Waals surface area contributed by atoms with Gasteiger partial charge in [-0.3, -0.25) is 4.79 Å². The van der Waals surface area contributed by atoms with E-state index in [0.717, 1.165) is 28.9 Å². The number of aldehydes is 1. The number of azo groups is 1. The quantitative estimate of drug-likeness (QED) is 0.453. The summed E-state index contributed by atoms with van der Waals surface area (Å²) in [7, 11) is 4.00. The van der Waals surface area contributed by atoms with E-state index in [1.165, 1.54) is 0 Å². The number of hydrogen-bond acceptors (Lipinski definition) is 4. The molecule has 4 heteroatoms. The summed E-state index contributed by atoms with van der Waals surface area (Å²) in [5.74, 6) is 0. The van der Waals surface area contributed by atoms with Gasteiger partial charge >= 0.3 is 0 Å². The van der Waals surface area contributed by atoms with Crippen LogP contribution in [0.2, 0.25) is 0 Å². The van der Waals surface area contributed by atoms with Crippen molar-refractivity contribution in [1.82, 2.24) is 0 Å². The Bertz CT molecular complexity index is 683. The molecule has 22 heavy (non-hydrogen) atoms. The van der Waals surface area contributed by atoms with E-state index in [-0.39, 0.29) is 0 Å². The second-order valence-corrected chi connectivity index (χ2v) is 5.21. The average molecular weight is 293 g/mol. The third-order valence-corrected chi connectivity index (χ3v) is 3.12. The fourth-order valence-corrected chi connectivity index (χ4v) is 1.87. The van der Waals surface area contributed by atoms with E-state index in [4.69, 9.17) is 0 Å². The largest absolute Gasteiger partial charge is 0.378 e. The van der Waals surface area contributed by atoms with E-state index in [0.29, 0.717) is 5.57 Å². The Balaban J connectivity index is 2.08. The van der Waals surface area contributed by atoms with Gasteiger partial charge in [-0.1, -0.05) is 12.1 Å². The lowest BCUT2D eigenvalue weighted by Crippen LogP contribution is -2.07. The van der Waals surface area contributed by atoms with E-state index >= 15 is 0 Å². The molecule has 0 aliphatic carbocycles. The highest BCUT2D eigenvalue weighted by Gasteiger charge is 1.96. The normalized spacial score (nSPS) is 11.7. The van der Waals surface area contributed by atoms with Crippen molar-refractivity contribution in [1.29, 1.82) is 0 Å². The molecule has 0 atom stereocenters. The third-order valence-electron chi connectivity index (χ3n) is 3.12. The Hall–Kier alpha value is -2.75. The highest BCUT2D eigenvalue weighted by molar-refractivity contribution is 5.80. The zero-order valence-corrected chi connectivity index (χ0v) is 13.0. The Morgan fingerprint density at radius 1 is 0.909 bits per heavy atom. The van der Waals surface area contributed by atoms with Crippen LogP contribution in [0.15, 0.2) is 64.3 Å². The van der Waals surface area contributed by atoms with Gasteiger partial charge < -0.3 is 4.90 Å². The summed E-state index contributed by atoms with van der Waals surface area (Å²) in [6.45, 7) is 1.78. The Morgan fingerprint density at radius 2 is 1.41 bits per heavy atom. The summed E-state index contributed by atoms with van der Waals surface area (Å²) in [6.07, 6.45) is 2.67. The lowest BCUT2D eigenvalue weighted by atomic mass is 10.1. The standard InChI is InChI=1S/C18H19N3O/c1-14(13-22)12-15-4-6-16(7-5-15)19-20-17-8-10-18(11-9-17)21(2)3/h4-13H,1-3H3/b14-12+,20-19?. The number of rotatable bonds is 5. The van der Waals surface area contributed by atoms with Crippen LogP contribution in [0.5, 0.6) is 0 Å². The smallest absolute Gasteiger partial charge is 0.145 e. The molecule has 0 saturated heterocycles. The van der Waals surface area contributed by atoms with Crippen LogP contribution in [0.1, 0.15) is 12.5 Å². The minimum absolute atomic E-state index is 0.690. The minimum atomic E-state index is 0.690. The van der Waals surface area contributed by atoms with E-state index in [1.54, 1.807) is 6.92 Å². The highest BCUT2D eigenvalue weighted by atomic mass is 16.1. The van der Waals surface area contributed by atoms with Crippen molar-refractivity contribution in [3.05, 3.63) is 59.7 Å². The molecule has 4 nitrogen and oxygen atoms in total. The third kappa shape index (κ3) is 4.38. The first-order valence-electron chi connectivity index (χ1n) is 7.01. The van der Waals surface area contributed by atoms with E-state index < -0.39 is 0 Å². The van der Waals surface area contributed by atoms with Gasteiger partial charge in [0.05, 0.1) is 11.4 Å². The molecule has 0 heterocycles. The number of nitrogens with zero attached hydrogens (tertiary/aromatic N) is 3. The van der Waals surface area contributed by atoms with Gasteiger partial charge in [-0.15, -0.1) is 0 Å². The Morgan fingerprint density at radius 3 is 1.86 bits per heavy atom. The van der Waals surface area contributed by atoms with Crippen LogP contribution in [0.4, 0.5) is 17.1 Å². The van der Waals surface area contributed by atoms with Crippen LogP contribution in [0.25, 0.3) is 6.08 Å². The van der Waals surface area contributed by atoms with Crippen molar-refractivity contribution in [3.63, 3.8) is 0 Å². The van der Waals surface area contributed by atoms with Crippen LogP contribution in [-0.4, -0.2) is 20.4 Å². The Labute approximate surface area is 130 Å². The SMILES string of the molecule is C/C(C=O)=C\c1ccc(N=Nc2ccc(N(C)C)cc2)cc1. The first-order valence-corrected chi connectivity index (χ1v) is 7.01. The van der Waals surface area contributed by atoms with Crippen LogP contribution in [0, 0.1) is 0 Å². The zero-order chi connectivity index (χ0) is 15.9. The molecule has 0 aliphatic rings. The van der Waals surface area contributed by atoms with Crippen molar-refractivity contribution in [2.45, 2.75) is 6.92 Å². The monoisotopic (exact) mass is 293 g/mol. The van der Waals surface area contributed by atoms with Crippen LogP contribution in [-0.2, 0) is 4.79 Å². The molecular weight excluding hydrogens is 274 g/mol. The number of carbonyl (C=O) groups is 1. The van der Waals surface area contributed by atoms with Gasteiger partial charge in [0.25, 0.3) is 0 Å². The van der Waals surface area contributed by atoms with Gasteiger partial charge in [0.15, 0.2) is 0 Å². The van der Waals surface area contributed by atoms with Crippen LogP contribution in [0.3, 0.4) is 0 Å². The summed E-state index contributed by atoms with van der Waals surface area (Å²) in [4.78, 5) is 12.6. The zero-order valence-electron chi connectivity index (χ0n) is 13.0. The summed E-state index contributed by atoms with van der Waals surface area (Å²) >= 11 is 0. The predicted octanol–water partition coefficient (Wildman–Crippen LogP) is 4.77. The lowest BCUT2D eigenvalue weighted by Gasteiger charge is -2.11. The summed E-state index contributed by atoms with van der Waals surface area (Å²) in [5, 5.41) is 8.43. The van der Waals surface area contributed by atoms with Crippen molar-refractivity contribution < 1.29 is 4.79 Å². The van der Waals surface area contributed by atoms with E-state index in [1.807, 2.05) is 73.6 Å². The molecule has 0 saturated carbocycles. The van der Waals surface area contributed by atoms with Gasteiger partial charge in [0.2, 0.25) is 0 Å². The topological polar surface area (TPSA) is 45.0 Å². The number of benzene rings is 2. The summed E-state index contributed by atoms with van der Waals surface area (Å²) < 4.78 is 0. The molecule has 0 spiro atoms. The van der Waals surface area contributed by atoms with Gasteiger partial charge in [0.1, 0.15) is 6.29 Å². The molecule has 0 aliphatic heterocycles. The second kappa shape index (κ2) is 7.31. The molecule has 0 N–H and O–H groups in total. The first kappa shape index (κ1) is 15.6. The maximum Gasteiger partial charge on any atom is 0.145 e. The van der Waals surface area contributed by atoms with Gasteiger partial charge in [0, 0.05) is 19.8 Å². The van der Waals surface area contributed by atoms with Crippen molar-refractivity contribution in [3.8, 4) is 0 Å². The molecule has 0 radical (unpaired) electrons. The van der Waals surface area contributed by atoms with Gasteiger partial charge in [-0.05, 0) is 60.5 Å². The van der Waals surface area contributed by atoms with Crippen LogP contribution >= 0.6 is 0 Å². The van der Waals surface area contributed by atoms with Gasteiger partial charge in [-0.25, -0.2) is 0 Å². The van der Waals surface area contributed by atoms with Crippen molar-refractivity contribution in [2.75, 3.05) is 19.0 Å². The average Bonchev–Trinajstić information content (AvgIpc) is 2.54. The fraction of sp³-hybridized carbons (Fsp3) is 0.167. The number of hydrogen-bond donors (Lipinski definition) is 0.